The van der Waals surface area contributed by atoms with E-state index in [4.69, 9.17) is 0 Å². The Labute approximate surface area is 129 Å². The van der Waals surface area contributed by atoms with E-state index in [1.54, 1.807) is 6.20 Å². The number of carbonyl (C=O) groups excluding carboxylic acids is 1. The average Bonchev–Trinajstić information content (AvgIpc) is 2.55. The highest BCUT2D eigenvalue weighted by Gasteiger charge is 2.09. The van der Waals surface area contributed by atoms with Crippen LogP contribution in [0.1, 0.15) is 18.5 Å². The van der Waals surface area contributed by atoms with Crippen molar-refractivity contribution in [3.05, 3.63) is 72.4 Å². The summed E-state index contributed by atoms with van der Waals surface area (Å²) in [7, 11) is 0. The number of urea groups is 1. The predicted octanol–water partition coefficient (Wildman–Crippen LogP) is 4.12. The first kappa shape index (κ1) is 14.1. The molecular formula is C18H17N3O. The third-order valence-electron chi connectivity index (χ3n) is 3.51. The lowest BCUT2D eigenvalue weighted by Gasteiger charge is -2.15. The molecule has 0 aliphatic carbocycles. The summed E-state index contributed by atoms with van der Waals surface area (Å²) in [5, 5.41) is 6.78. The third-order valence-corrected chi connectivity index (χ3v) is 3.51. The number of hydrogen-bond donors (Lipinski definition) is 2. The molecule has 0 saturated heterocycles. The van der Waals surface area contributed by atoms with Crippen LogP contribution in [-0.2, 0) is 0 Å². The van der Waals surface area contributed by atoms with Gasteiger partial charge in [-0.25, -0.2) is 4.79 Å². The Morgan fingerprint density at radius 1 is 1.05 bits per heavy atom. The summed E-state index contributed by atoms with van der Waals surface area (Å²) in [6, 6.07) is 19.1. The Kier molecular flexibility index (Phi) is 4.01. The number of rotatable bonds is 3. The number of amides is 2. The third kappa shape index (κ3) is 3.23. The maximum Gasteiger partial charge on any atom is 0.319 e. The molecule has 2 aromatic carbocycles. The minimum Gasteiger partial charge on any atom is -0.331 e. The molecule has 3 aromatic rings. The van der Waals surface area contributed by atoms with Gasteiger partial charge in [0.1, 0.15) is 0 Å². The Bertz CT molecular complexity index is 786. The number of anilines is 1. The van der Waals surface area contributed by atoms with E-state index in [1.807, 2.05) is 67.6 Å². The van der Waals surface area contributed by atoms with Gasteiger partial charge in [0.05, 0.1) is 11.6 Å². The van der Waals surface area contributed by atoms with Crippen LogP contribution in [0.5, 0.6) is 0 Å². The zero-order valence-electron chi connectivity index (χ0n) is 12.3. The summed E-state index contributed by atoms with van der Waals surface area (Å²) in [4.78, 5) is 16.4. The lowest BCUT2D eigenvalue weighted by molar-refractivity contribution is 0.249. The van der Waals surface area contributed by atoms with Gasteiger partial charge >= 0.3 is 6.03 Å². The number of aromatic nitrogens is 1. The highest BCUT2D eigenvalue weighted by Crippen LogP contribution is 2.17. The maximum absolute atomic E-state index is 12.1. The molecule has 4 nitrogen and oxygen atoms in total. The van der Waals surface area contributed by atoms with E-state index in [-0.39, 0.29) is 12.1 Å². The molecule has 1 unspecified atom stereocenters. The highest BCUT2D eigenvalue weighted by atomic mass is 16.2. The van der Waals surface area contributed by atoms with Crippen molar-refractivity contribution < 1.29 is 4.79 Å². The van der Waals surface area contributed by atoms with Crippen LogP contribution in [-0.4, -0.2) is 11.0 Å². The lowest BCUT2D eigenvalue weighted by Crippen LogP contribution is -2.31. The van der Waals surface area contributed by atoms with Gasteiger partial charge in [-0.2, -0.15) is 0 Å². The molecule has 0 spiro atoms. The minimum atomic E-state index is -0.223. The SMILES string of the molecule is CC(NC(=O)Nc1ccc2ncccc2c1)c1ccccc1. The molecule has 4 heteroatoms. The van der Waals surface area contributed by atoms with Gasteiger partial charge < -0.3 is 10.6 Å². The quantitative estimate of drug-likeness (QED) is 0.762. The fourth-order valence-corrected chi connectivity index (χ4v) is 2.34. The standard InChI is InChI=1S/C18H17N3O/c1-13(14-6-3-2-4-7-14)20-18(22)21-16-9-10-17-15(12-16)8-5-11-19-17/h2-13H,1H3,(H2,20,21,22). The monoisotopic (exact) mass is 291 g/mol. The molecule has 0 aliphatic heterocycles. The fourth-order valence-electron chi connectivity index (χ4n) is 2.34. The first-order valence-corrected chi connectivity index (χ1v) is 7.19. The largest absolute Gasteiger partial charge is 0.331 e. The number of fused-ring (bicyclic) bond motifs is 1. The van der Waals surface area contributed by atoms with Crippen LogP contribution >= 0.6 is 0 Å². The number of carbonyl (C=O) groups is 1. The molecule has 110 valence electrons. The lowest BCUT2D eigenvalue weighted by atomic mass is 10.1. The first-order valence-electron chi connectivity index (χ1n) is 7.19. The second-order valence-corrected chi connectivity index (χ2v) is 5.14. The molecule has 1 aromatic heterocycles. The second kappa shape index (κ2) is 6.26. The van der Waals surface area contributed by atoms with Gasteiger partial charge in [0.15, 0.2) is 0 Å². The van der Waals surface area contributed by atoms with Gasteiger partial charge in [0.25, 0.3) is 0 Å². The molecule has 2 amide bonds. The van der Waals surface area contributed by atoms with E-state index in [2.05, 4.69) is 15.6 Å². The summed E-state index contributed by atoms with van der Waals surface area (Å²) < 4.78 is 0. The van der Waals surface area contributed by atoms with Crippen LogP contribution in [0.15, 0.2) is 66.9 Å². The number of pyridine rings is 1. The highest BCUT2D eigenvalue weighted by molar-refractivity contribution is 5.92. The smallest absolute Gasteiger partial charge is 0.319 e. The van der Waals surface area contributed by atoms with Crippen molar-refractivity contribution in [1.82, 2.24) is 10.3 Å². The summed E-state index contributed by atoms with van der Waals surface area (Å²) >= 11 is 0. The van der Waals surface area contributed by atoms with Crippen molar-refractivity contribution in [3.8, 4) is 0 Å². The molecule has 1 atom stereocenters. The Morgan fingerprint density at radius 2 is 1.86 bits per heavy atom. The zero-order valence-corrected chi connectivity index (χ0v) is 12.3. The Morgan fingerprint density at radius 3 is 2.68 bits per heavy atom. The van der Waals surface area contributed by atoms with Crippen molar-refractivity contribution in [1.29, 1.82) is 0 Å². The normalized spacial score (nSPS) is 11.9. The van der Waals surface area contributed by atoms with Crippen molar-refractivity contribution in [2.75, 3.05) is 5.32 Å². The van der Waals surface area contributed by atoms with E-state index in [0.717, 1.165) is 22.2 Å². The van der Waals surface area contributed by atoms with Crippen LogP contribution in [0, 0.1) is 0 Å². The zero-order chi connectivity index (χ0) is 15.4. The van der Waals surface area contributed by atoms with Crippen LogP contribution in [0.3, 0.4) is 0 Å². The topological polar surface area (TPSA) is 54.0 Å². The molecule has 3 rings (SSSR count). The van der Waals surface area contributed by atoms with E-state index in [0.29, 0.717) is 0 Å². The van der Waals surface area contributed by atoms with Crippen molar-refractivity contribution in [2.24, 2.45) is 0 Å². The summed E-state index contributed by atoms with van der Waals surface area (Å²) in [5.74, 6) is 0. The van der Waals surface area contributed by atoms with Gasteiger partial charge in [-0.1, -0.05) is 36.4 Å². The molecule has 0 aliphatic rings. The van der Waals surface area contributed by atoms with E-state index in [9.17, 15) is 4.79 Å². The van der Waals surface area contributed by atoms with Crippen LogP contribution in [0.2, 0.25) is 0 Å². The maximum atomic E-state index is 12.1. The summed E-state index contributed by atoms with van der Waals surface area (Å²) in [6.45, 7) is 1.96. The van der Waals surface area contributed by atoms with Gasteiger partial charge in [0.2, 0.25) is 0 Å². The van der Waals surface area contributed by atoms with Gasteiger partial charge in [-0.05, 0) is 36.8 Å². The number of nitrogens with zero attached hydrogens (tertiary/aromatic N) is 1. The molecule has 0 radical (unpaired) electrons. The van der Waals surface area contributed by atoms with Gasteiger partial charge in [0, 0.05) is 17.3 Å². The number of benzene rings is 2. The molecule has 22 heavy (non-hydrogen) atoms. The minimum absolute atomic E-state index is 0.0525. The number of nitrogens with one attached hydrogen (secondary N) is 2. The van der Waals surface area contributed by atoms with Crippen molar-refractivity contribution in [3.63, 3.8) is 0 Å². The second-order valence-electron chi connectivity index (χ2n) is 5.14. The van der Waals surface area contributed by atoms with Crippen molar-refractivity contribution >= 4 is 22.6 Å². The predicted molar refractivity (Wildman–Crippen MR) is 88.8 cm³/mol. The summed E-state index contributed by atoms with van der Waals surface area (Å²) in [5.41, 5.74) is 2.73. The van der Waals surface area contributed by atoms with E-state index in [1.165, 1.54) is 0 Å². The first-order chi connectivity index (χ1) is 10.7. The molecule has 0 saturated carbocycles. The van der Waals surface area contributed by atoms with E-state index >= 15 is 0 Å². The Balaban J connectivity index is 1.68. The van der Waals surface area contributed by atoms with Gasteiger partial charge in [-0.3, -0.25) is 4.98 Å². The van der Waals surface area contributed by atoms with Crippen molar-refractivity contribution in [2.45, 2.75) is 13.0 Å². The summed E-state index contributed by atoms with van der Waals surface area (Å²) in [6.07, 6.45) is 1.75. The van der Waals surface area contributed by atoms with Crippen LogP contribution < -0.4 is 10.6 Å². The van der Waals surface area contributed by atoms with E-state index < -0.39 is 0 Å². The molecular weight excluding hydrogens is 274 g/mol. The number of hydrogen-bond acceptors (Lipinski definition) is 2. The molecule has 0 fully saturated rings. The van der Waals surface area contributed by atoms with Crippen LogP contribution in [0.25, 0.3) is 10.9 Å². The average molecular weight is 291 g/mol. The molecule has 2 N–H and O–H groups in total. The Hall–Kier alpha value is -2.88. The molecule has 1 heterocycles. The van der Waals surface area contributed by atoms with Crippen LogP contribution in [0.4, 0.5) is 10.5 Å². The molecule has 0 bridgehead atoms. The fraction of sp³-hybridized carbons (Fsp3) is 0.111. The van der Waals surface area contributed by atoms with Gasteiger partial charge in [-0.15, -0.1) is 0 Å².